The predicted molar refractivity (Wildman–Crippen MR) is 65.5 cm³/mol. The van der Waals surface area contributed by atoms with Gasteiger partial charge in [-0.2, -0.15) is 0 Å². The maximum Gasteiger partial charge on any atom is 0.121 e. The summed E-state index contributed by atoms with van der Waals surface area (Å²) in [7, 11) is 1.76. The number of hydrogen-bond acceptors (Lipinski definition) is 5. The molecule has 0 saturated heterocycles. The molecular weight excluding hydrogens is 220 g/mol. The lowest BCUT2D eigenvalue weighted by atomic mass is 9.98. The molecule has 0 fully saturated rings. The Morgan fingerprint density at radius 1 is 1.41 bits per heavy atom. The van der Waals surface area contributed by atoms with E-state index in [0.717, 1.165) is 0 Å². The van der Waals surface area contributed by atoms with Gasteiger partial charge in [-0.1, -0.05) is 6.07 Å². The molecule has 0 spiro atoms. The molecular formula is C12H20N2O3. The Labute approximate surface area is 101 Å². The largest absolute Gasteiger partial charge is 0.508 e. The van der Waals surface area contributed by atoms with Gasteiger partial charge in [0.05, 0.1) is 12.7 Å². The number of benzene rings is 1. The van der Waals surface area contributed by atoms with E-state index < -0.39 is 6.10 Å². The maximum absolute atomic E-state index is 10.1. The van der Waals surface area contributed by atoms with E-state index in [4.69, 9.17) is 10.8 Å². The third-order valence-electron chi connectivity index (χ3n) is 2.85. The van der Waals surface area contributed by atoms with Gasteiger partial charge in [0.25, 0.3) is 0 Å². The minimum Gasteiger partial charge on any atom is -0.508 e. The van der Waals surface area contributed by atoms with Crippen molar-refractivity contribution in [3.05, 3.63) is 29.3 Å². The van der Waals surface area contributed by atoms with Crippen molar-refractivity contribution in [2.75, 3.05) is 13.6 Å². The van der Waals surface area contributed by atoms with Gasteiger partial charge in [-0.15, -0.1) is 0 Å². The van der Waals surface area contributed by atoms with Crippen molar-refractivity contribution in [3.63, 3.8) is 0 Å². The van der Waals surface area contributed by atoms with Gasteiger partial charge < -0.3 is 26.4 Å². The molecule has 0 aliphatic rings. The van der Waals surface area contributed by atoms with Crippen LogP contribution >= 0.6 is 0 Å². The van der Waals surface area contributed by atoms with Crippen LogP contribution in [0.15, 0.2) is 18.2 Å². The quantitative estimate of drug-likeness (QED) is 0.476. The first-order valence-corrected chi connectivity index (χ1v) is 5.62. The second-order valence-corrected chi connectivity index (χ2v) is 3.96. The van der Waals surface area contributed by atoms with E-state index in [1.807, 2.05) is 0 Å². The van der Waals surface area contributed by atoms with Crippen LogP contribution in [-0.4, -0.2) is 35.0 Å². The molecule has 2 unspecified atom stereocenters. The lowest BCUT2D eigenvalue weighted by Crippen LogP contribution is -2.34. The fraction of sp³-hybridized carbons (Fsp3) is 0.500. The molecule has 6 N–H and O–H groups in total. The van der Waals surface area contributed by atoms with Crippen LogP contribution in [0.25, 0.3) is 0 Å². The van der Waals surface area contributed by atoms with E-state index in [-0.39, 0.29) is 18.4 Å². The van der Waals surface area contributed by atoms with Gasteiger partial charge in [-0.05, 0) is 37.7 Å². The van der Waals surface area contributed by atoms with Gasteiger partial charge in [0.1, 0.15) is 5.75 Å². The molecule has 1 aromatic carbocycles. The first-order valence-electron chi connectivity index (χ1n) is 5.62. The summed E-state index contributed by atoms with van der Waals surface area (Å²) in [5.74, 6) is 0.0308. The summed E-state index contributed by atoms with van der Waals surface area (Å²) in [5, 5.41) is 31.6. The highest BCUT2D eigenvalue weighted by molar-refractivity contribution is 5.36. The Morgan fingerprint density at radius 3 is 2.65 bits per heavy atom. The monoisotopic (exact) mass is 240 g/mol. The molecule has 0 radical (unpaired) electrons. The number of nitrogens with one attached hydrogen (secondary N) is 1. The lowest BCUT2D eigenvalue weighted by Gasteiger charge is -2.22. The molecule has 0 aliphatic carbocycles. The maximum atomic E-state index is 10.1. The van der Waals surface area contributed by atoms with Crippen LogP contribution in [0, 0.1) is 0 Å². The first-order chi connectivity index (χ1) is 8.13. The molecule has 0 amide bonds. The van der Waals surface area contributed by atoms with E-state index in [2.05, 4.69) is 5.32 Å². The smallest absolute Gasteiger partial charge is 0.121 e. The van der Waals surface area contributed by atoms with Crippen LogP contribution in [0.1, 0.15) is 23.7 Å². The zero-order chi connectivity index (χ0) is 12.8. The van der Waals surface area contributed by atoms with Crippen molar-refractivity contribution in [2.24, 2.45) is 5.73 Å². The summed E-state index contributed by atoms with van der Waals surface area (Å²) in [6.07, 6.45) is -0.0676. The Hall–Kier alpha value is -1.14. The van der Waals surface area contributed by atoms with Crippen molar-refractivity contribution >= 4 is 0 Å². The number of nitrogens with two attached hydrogens (primary N) is 1. The summed E-state index contributed by atoms with van der Waals surface area (Å²) >= 11 is 0. The van der Waals surface area contributed by atoms with Crippen LogP contribution in [0.4, 0.5) is 0 Å². The van der Waals surface area contributed by atoms with E-state index in [9.17, 15) is 10.2 Å². The van der Waals surface area contributed by atoms with Gasteiger partial charge in [0, 0.05) is 11.6 Å². The highest BCUT2D eigenvalue weighted by Crippen LogP contribution is 2.24. The molecule has 0 aliphatic heterocycles. The molecule has 0 bridgehead atoms. The van der Waals surface area contributed by atoms with E-state index in [0.29, 0.717) is 24.1 Å². The molecule has 96 valence electrons. The van der Waals surface area contributed by atoms with Gasteiger partial charge in [-0.3, -0.25) is 0 Å². The molecule has 1 aromatic rings. The average Bonchev–Trinajstić information content (AvgIpc) is 2.35. The van der Waals surface area contributed by atoms with Gasteiger partial charge in [0.15, 0.2) is 0 Å². The van der Waals surface area contributed by atoms with E-state index >= 15 is 0 Å². The molecule has 5 nitrogen and oxygen atoms in total. The summed E-state index contributed by atoms with van der Waals surface area (Å²) in [4.78, 5) is 0. The lowest BCUT2D eigenvalue weighted by molar-refractivity contribution is 0.128. The number of likely N-dealkylation sites (N-methyl/N-ethyl adjacent to an activating group) is 1. The average molecular weight is 240 g/mol. The highest BCUT2D eigenvalue weighted by atomic mass is 16.3. The van der Waals surface area contributed by atoms with Gasteiger partial charge in [-0.25, -0.2) is 0 Å². The normalized spacial score (nSPS) is 14.6. The molecule has 17 heavy (non-hydrogen) atoms. The first kappa shape index (κ1) is 13.9. The molecule has 5 heteroatoms. The van der Waals surface area contributed by atoms with Crippen LogP contribution < -0.4 is 11.1 Å². The van der Waals surface area contributed by atoms with Crippen molar-refractivity contribution in [3.8, 4) is 5.75 Å². The number of aliphatic hydroxyl groups is 2. The third kappa shape index (κ3) is 3.41. The second kappa shape index (κ2) is 6.56. The standard InChI is InChI=1S/C12H20N2O3/c1-14-10(4-5-13)12(17)8-2-3-11(16)9(6-8)7-15/h2-3,6,10,12,14-17H,4-5,7,13H2,1H3. The topological polar surface area (TPSA) is 98.7 Å². The summed E-state index contributed by atoms with van der Waals surface area (Å²) in [5.41, 5.74) is 6.53. The van der Waals surface area contributed by atoms with Crippen molar-refractivity contribution < 1.29 is 15.3 Å². The van der Waals surface area contributed by atoms with Crippen molar-refractivity contribution in [1.82, 2.24) is 5.32 Å². The fourth-order valence-electron chi connectivity index (χ4n) is 1.79. The zero-order valence-electron chi connectivity index (χ0n) is 9.93. The zero-order valence-corrected chi connectivity index (χ0v) is 9.93. The Bertz CT molecular complexity index is 358. The third-order valence-corrected chi connectivity index (χ3v) is 2.85. The summed E-state index contributed by atoms with van der Waals surface area (Å²) in [6, 6.07) is 4.57. The fourth-order valence-corrected chi connectivity index (χ4v) is 1.79. The minimum absolute atomic E-state index is 0.0308. The van der Waals surface area contributed by atoms with Crippen LogP contribution in [0.5, 0.6) is 5.75 Å². The van der Waals surface area contributed by atoms with Crippen LogP contribution in [0.2, 0.25) is 0 Å². The highest BCUT2D eigenvalue weighted by Gasteiger charge is 2.19. The number of rotatable bonds is 6. The predicted octanol–water partition coefficient (Wildman–Crippen LogP) is -0.145. The molecule has 0 aromatic heterocycles. The number of aromatic hydroxyl groups is 1. The van der Waals surface area contributed by atoms with Gasteiger partial charge >= 0.3 is 0 Å². The molecule has 0 saturated carbocycles. The minimum atomic E-state index is -0.713. The Morgan fingerprint density at radius 2 is 2.12 bits per heavy atom. The van der Waals surface area contributed by atoms with Gasteiger partial charge in [0.2, 0.25) is 0 Å². The SMILES string of the molecule is CNC(CCN)C(O)c1ccc(O)c(CO)c1. The van der Waals surface area contributed by atoms with Crippen molar-refractivity contribution in [1.29, 1.82) is 0 Å². The summed E-state index contributed by atoms with van der Waals surface area (Å²) < 4.78 is 0. The summed E-state index contributed by atoms with van der Waals surface area (Å²) in [6.45, 7) is 0.223. The Kier molecular flexibility index (Phi) is 5.37. The molecule has 1 rings (SSSR count). The van der Waals surface area contributed by atoms with Crippen LogP contribution in [-0.2, 0) is 6.61 Å². The van der Waals surface area contributed by atoms with E-state index in [1.54, 1.807) is 19.2 Å². The van der Waals surface area contributed by atoms with Crippen LogP contribution in [0.3, 0.4) is 0 Å². The van der Waals surface area contributed by atoms with Crippen molar-refractivity contribution in [2.45, 2.75) is 25.2 Å². The Balaban J connectivity index is 2.90. The number of phenols is 1. The second-order valence-electron chi connectivity index (χ2n) is 3.96. The van der Waals surface area contributed by atoms with E-state index in [1.165, 1.54) is 6.07 Å². The number of aliphatic hydroxyl groups excluding tert-OH is 2. The molecule has 2 atom stereocenters. The molecule has 0 heterocycles. The number of hydrogen-bond donors (Lipinski definition) is 5.